The molecule has 9 heteroatoms. The second-order valence-electron chi connectivity index (χ2n) is 5.06. The highest BCUT2D eigenvalue weighted by atomic mass is 19.4. The molecule has 23 heavy (non-hydrogen) atoms. The van der Waals surface area contributed by atoms with Crippen molar-refractivity contribution >= 4 is 11.6 Å². The van der Waals surface area contributed by atoms with Gasteiger partial charge in [0.15, 0.2) is 0 Å². The molecule has 0 radical (unpaired) electrons. The molecule has 1 amide bonds. The fourth-order valence-corrected chi connectivity index (χ4v) is 2.35. The number of nitrogens with zero attached hydrogens (tertiary/aromatic N) is 2. The first-order valence-corrected chi connectivity index (χ1v) is 6.80. The van der Waals surface area contributed by atoms with Crippen LogP contribution in [0.2, 0.25) is 0 Å². The van der Waals surface area contributed by atoms with E-state index in [1.807, 2.05) is 6.07 Å². The Morgan fingerprint density at radius 1 is 1.48 bits per heavy atom. The number of amides is 1. The minimum Gasteiger partial charge on any atom is -0.761 e. The average molecular weight is 328 g/mol. The summed E-state index contributed by atoms with van der Waals surface area (Å²) in [6, 6.07) is 5.96. The van der Waals surface area contributed by atoms with Crippen molar-refractivity contribution in [3.05, 3.63) is 29.0 Å². The number of hydrogen-bond donors (Lipinski definition) is 1. The van der Waals surface area contributed by atoms with Crippen LogP contribution in [0.3, 0.4) is 0 Å². The molecule has 0 saturated carbocycles. The summed E-state index contributed by atoms with van der Waals surface area (Å²) in [4.78, 5) is 12.0. The van der Waals surface area contributed by atoms with Crippen LogP contribution in [0.4, 0.5) is 18.9 Å². The zero-order valence-corrected chi connectivity index (χ0v) is 11.9. The lowest BCUT2D eigenvalue weighted by molar-refractivity contribution is -0.187. The number of likely N-dealkylation sites (tertiary alicyclic amines) is 1. The number of carbonyl (C=O) groups is 1. The number of carbonyl (C=O) groups excluding carboxylic acids is 1. The van der Waals surface area contributed by atoms with Crippen molar-refractivity contribution in [2.45, 2.75) is 25.1 Å². The summed E-state index contributed by atoms with van der Waals surface area (Å²) in [6.45, 7) is -0.226. The molecule has 0 unspecified atom stereocenters. The second-order valence-corrected chi connectivity index (χ2v) is 5.06. The van der Waals surface area contributed by atoms with Crippen molar-refractivity contribution in [1.29, 1.82) is 5.26 Å². The van der Waals surface area contributed by atoms with Gasteiger partial charge in [-0.3, -0.25) is 4.79 Å². The van der Waals surface area contributed by atoms with Crippen molar-refractivity contribution in [2.24, 2.45) is 0 Å². The van der Waals surface area contributed by atoms with Crippen LogP contribution in [0.25, 0.3) is 0 Å². The molecule has 2 rings (SSSR count). The van der Waals surface area contributed by atoms with Gasteiger partial charge in [0.05, 0.1) is 23.9 Å². The lowest BCUT2D eigenvalue weighted by Gasteiger charge is -2.33. The fraction of sp³-hybridized carbons (Fsp3) is 0.429. The van der Waals surface area contributed by atoms with Gasteiger partial charge in [-0.1, -0.05) is 0 Å². The largest absolute Gasteiger partial charge is 0.761 e. The third kappa shape index (κ3) is 4.04. The molecule has 1 saturated heterocycles. The number of halogens is 3. The van der Waals surface area contributed by atoms with Gasteiger partial charge in [0.25, 0.3) is 0 Å². The van der Waals surface area contributed by atoms with Gasteiger partial charge >= 0.3 is 12.1 Å². The van der Waals surface area contributed by atoms with Gasteiger partial charge in [0.2, 0.25) is 0 Å². The lowest BCUT2D eigenvalue weighted by atomic mass is 10.1. The molecule has 1 aliphatic rings. The van der Waals surface area contributed by atoms with E-state index in [0.717, 1.165) is 0 Å². The van der Waals surface area contributed by atoms with E-state index in [0.29, 0.717) is 17.7 Å². The van der Waals surface area contributed by atoms with Gasteiger partial charge in [-0.15, -0.1) is 0 Å². The van der Waals surface area contributed by atoms with E-state index in [4.69, 9.17) is 10.00 Å². The third-order valence-corrected chi connectivity index (χ3v) is 3.42. The minimum absolute atomic E-state index is 0.00308. The Kier molecular flexibility index (Phi) is 4.95. The van der Waals surface area contributed by atoms with E-state index in [-0.39, 0.29) is 30.1 Å². The predicted molar refractivity (Wildman–Crippen MR) is 74.4 cm³/mol. The topological polar surface area (TPSA) is 88.4 Å². The Hall–Kier alpha value is -2.47. The Labute approximate surface area is 130 Å². The molecule has 1 aromatic carbocycles. The van der Waals surface area contributed by atoms with Crippen LogP contribution in [0.5, 0.6) is 5.75 Å². The van der Waals surface area contributed by atoms with Crippen LogP contribution in [0.1, 0.15) is 18.4 Å². The molecule has 1 fully saturated rings. The lowest BCUT2D eigenvalue weighted by Crippen LogP contribution is -2.49. The summed E-state index contributed by atoms with van der Waals surface area (Å²) in [5.74, 6) is -1.83. The molecular formula is C14H13F3N3O3-. The van der Waals surface area contributed by atoms with E-state index in [1.54, 1.807) is 5.48 Å². The van der Waals surface area contributed by atoms with Gasteiger partial charge in [-0.25, -0.2) is 0 Å². The molecule has 1 aromatic rings. The van der Waals surface area contributed by atoms with Crippen LogP contribution in [0, 0.1) is 16.5 Å². The first-order valence-electron chi connectivity index (χ1n) is 6.80. The zero-order chi connectivity index (χ0) is 17.0. The number of piperidine rings is 1. The van der Waals surface area contributed by atoms with E-state index < -0.39 is 18.2 Å². The van der Waals surface area contributed by atoms with Crippen molar-refractivity contribution < 1.29 is 22.7 Å². The molecule has 1 aliphatic heterocycles. The molecule has 0 bridgehead atoms. The van der Waals surface area contributed by atoms with Gasteiger partial charge < -0.3 is 20.3 Å². The molecule has 124 valence electrons. The van der Waals surface area contributed by atoms with Crippen LogP contribution < -0.4 is 10.2 Å². The highest BCUT2D eigenvalue weighted by molar-refractivity contribution is 5.82. The van der Waals surface area contributed by atoms with Crippen molar-refractivity contribution in [1.82, 2.24) is 4.90 Å². The summed E-state index contributed by atoms with van der Waals surface area (Å²) in [7, 11) is 0. The average Bonchev–Trinajstić information content (AvgIpc) is 2.53. The van der Waals surface area contributed by atoms with Crippen LogP contribution in [0.15, 0.2) is 18.2 Å². The smallest absolute Gasteiger partial charge is 0.471 e. The number of hydrogen-bond acceptors (Lipinski definition) is 5. The van der Waals surface area contributed by atoms with E-state index in [9.17, 15) is 23.2 Å². The SMILES string of the molecule is N#Cc1ccc(N[O-])c(O[C@H]2CCCN(C(=O)C(F)(F)F)C2)c1. The van der Waals surface area contributed by atoms with Gasteiger partial charge in [0.1, 0.15) is 11.9 Å². The quantitative estimate of drug-likeness (QED) is 0.861. The number of nitriles is 1. The number of nitrogens with one attached hydrogen (secondary N) is 1. The molecule has 6 nitrogen and oxygen atoms in total. The van der Waals surface area contributed by atoms with E-state index >= 15 is 0 Å². The first-order chi connectivity index (χ1) is 10.8. The zero-order valence-electron chi connectivity index (χ0n) is 11.9. The van der Waals surface area contributed by atoms with E-state index in [2.05, 4.69) is 0 Å². The number of rotatable bonds is 3. The highest BCUT2D eigenvalue weighted by Crippen LogP contribution is 2.29. The molecule has 1 atom stereocenters. The number of anilines is 1. The monoisotopic (exact) mass is 328 g/mol. The van der Waals surface area contributed by atoms with Crippen molar-refractivity contribution in [3.8, 4) is 11.8 Å². The van der Waals surface area contributed by atoms with Crippen LogP contribution in [-0.4, -0.2) is 36.2 Å². The Balaban J connectivity index is 2.12. The van der Waals surface area contributed by atoms with Crippen LogP contribution in [-0.2, 0) is 4.79 Å². The number of alkyl halides is 3. The van der Waals surface area contributed by atoms with E-state index in [1.165, 1.54) is 18.2 Å². The highest BCUT2D eigenvalue weighted by Gasteiger charge is 2.43. The summed E-state index contributed by atoms with van der Waals surface area (Å²) in [6.07, 6.45) is -4.82. The molecule has 1 heterocycles. The summed E-state index contributed by atoms with van der Waals surface area (Å²) in [5.41, 5.74) is 1.97. The van der Waals surface area contributed by atoms with Gasteiger partial charge in [-0.2, -0.15) is 18.4 Å². The second kappa shape index (κ2) is 6.75. The summed E-state index contributed by atoms with van der Waals surface area (Å²) < 4.78 is 43.0. The molecule has 0 spiro atoms. The van der Waals surface area contributed by atoms with Gasteiger partial charge in [-0.05, 0) is 25.0 Å². The Morgan fingerprint density at radius 3 is 2.83 bits per heavy atom. The normalized spacial score (nSPS) is 18.2. The maximum Gasteiger partial charge on any atom is 0.471 e. The molecule has 0 aliphatic carbocycles. The van der Waals surface area contributed by atoms with Crippen molar-refractivity contribution in [2.75, 3.05) is 18.6 Å². The molecule has 0 aromatic heterocycles. The van der Waals surface area contributed by atoms with Gasteiger partial charge in [0, 0.05) is 12.6 Å². The minimum atomic E-state index is -4.93. The molecular weight excluding hydrogens is 315 g/mol. The fourth-order valence-electron chi connectivity index (χ4n) is 2.35. The summed E-state index contributed by atoms with van der Waals surface area (Å²) in [5, 5.41) is 19.7. The Bertz CT molecular complexity index is 628. The first kappa shape index (κ1) is 16.9. The third-order valence-electron chi connectivity index (χ3n) is 3.42. The van der Waals surface area contributed by atoms with Crippen molar-refractivity contribution in [3.63, 3.8) is 0 Å². The Morgan fingerprint density at radius 2 is 2.22 bits per heavy atom. The standard InChI is InChI=1S/C14H13F3N3O3/c15-14(16,17)13(21)20-5-1-2-10(8-20)23-12-6-9(7-18)3-4-11(12)19-22/h3-4,6,10,19H,1-2,5,8H2/q-1/t10-/m0/s1. The maximum absolute atomic E-state index is 12.5. The maximum atomic E-state index is 12.5. The number of benzene rings is 1. The van der Waals surface area contributed by atoms with Crippen LogP contribution >= 0.6 is 0 Å². The molecule has 1 N–H and O–H groups in total. The number of ether oxygens (including phenoxy) is 1. The predicted octanol–water partition coefficient (Wildman–Crippen LogP) is 2.40. The summed E-state index contributed by atoms with van der Waals surface area (Å²) >= 11 is 0.